The Labute approximate surface area is 120 Å². The number of benzene rings is 1. The predicted molar refractivity (Wildman–Crippen MR) is 76.0 cm³/mol. The van der Waals surface area contributed by atoms with E-state index in [1.807, 2.05) is 24.3 Å². The van der Waals surface area contributed by atoms with Gasteiger partial charge in [-0.1, -0.05) is 18.2 Å². The molecule has 0 aliphatic heterocycles. The van der Waals surface area contributed by atoms with Crippen LogP contribution in [0.4, 0.5) is 0 Å². The molecule has 0 spiro atoms. The molecule has 0 unspecified atom stereocenters. The van der Waals surface area contributed by atoms with Crippen LogP contribution in [0.2, 0.25) is 0 Å². The van der Waals surface area contributed by atoms with Crippen molar-refractivity contribution in [2.45, 2.75) is 6.42 Å². The number of ketones is 2. The number of nitrogens with zero attached hydrogens (tertiary/aromatic N) is 4. The van der Waals surface area contributed by atoms with E-state index in [-0.39, 0.29) is 23.7 Å². The summed E-state index contributed by atoms with van der Waals surface area (Å²) in [7, 11) is 1.77. The lowest BCUT2D eigenvalue weighted by molar-refractivity contribution is 0.0889. The van der Waals surface area contributed by atoms with Gasteiger partial charge >= 0.3 is 0 Å². The van der Waals surface area contributed by atoms with Crippen LogP contribution in [0.15, 0.2) is 42.9 Å². The largest absolute Gasteiger partial charge is 0.292 e. The van der Waals surface area contributed by atoms with Crippen molar-refractivity contribution in [3.8, 4) is 0 Å². The van der Waals surface area contributed by atoms with Gasteiger partial charge < -0.3 is 0 Å². The number of carbonyl (C=O) groups is 2. The maximum atomic E-state index is 12.3. The van der Waals surface area contributed by atoms with Gasteiger partial charge in [0.2, 0.25) is 0 Å². The molecule has 0 radical (unpaired) electrons. The molecule has 0 atom stereocenters. The van der Waals surface area contributed by atoms with Crippen molar-refractivity contribution in [3.05, 3.63) is 54.2 Å². The first-order valence-electron chi connectivity index (χ1n) is 6.41. The average Bonchev–Trinajstić information content (AvgIpc) is 2.86. The molecule has 6 heteroatoms. The number of carbonyl (C=O) groups excluding carboxylic acids is 2. The van der Waals surface area contributed by atoms with E-state index in [0.29, 0.717) is 5.69 Å². The molecule has 0 bridgehead atoms. The quantitative estimate of drug-likeness (QED) is 0.538. The summed E-state index contributed by atoms with van der Waals surface area (Å²) in [5.41, 5.74) is 1.35. The Balaban J connectivity index is 1.90. The van der Waals surface area contributed by atoms with Crippen LogP contribution in [0.25, 0.3) is 10.9 Å². The summed E-state index contributed by atoms with van der Waals surface area (Å²) >= 11 is 0. The Hall–Kier alpha value is -2.89. The van der Waals surface area contributed by atoms with Crippen LogP contribution in [-0.4, -0.2) is 31.3 Å². The van der Waals surface area contributed by atoms with Crippen LogP contribution in [0, 0.1) is 0 Å². The number of hydrogen-bond acceptors (Lipinski definition) is 5. The van der Waals surface area contributed by atoms with Gasteiger partial charge in [0.1, 0.15) is 11.4 Å². The molecule has 3 rings (SSSR count). The predicted octanol–water partition coefficient (Wildman–Crippen LogP) is 1.82. The van der Waals surface area contributed by atoms with Crippen molar-refractivity contribution in [3.63, 3.8) is 0 Å². The third kappa shape index (κ3) is 2.43. The SMILES string of the molecule is Cn1nc(C(=O)CC(=O)c2cnccn2)c2ccccc21. The second kappa shape index (κ2) is 5.24. The van der Waals surface area contributed by atoms with Gasteiger partial charge in [-0.2, -0.15) is 5.10 Å². The van der Waals surface area contributed by atoms with E-state index >= 15 is 0 Å². The topological polar surface area (TPSA) is 77.7 Å². The molecule has 0 saturated carbocycles. The lowest BCUT2D eigenvalue weighted by Crippen LogP contribution is -2.11. The van der Waals surface area contributed by atoms with Crippen LogP contribution < -0.4 is 0 Å². The van der Waals surface area contributed by atoms with Crippen LogP contribution in [0.5, 0.6) is 0 Å². The summed E-state index contributed by atoms with van der Waals surface area (Å²) < 4.78 is 1.63. The maximum absolute atomic E-state index is 12.3. The molecule has 0 fully saturated rings. The van der Waals surface area contributed by atoms with Gasteiger partial charge in [0.05, 0.1) is 18.1 Å². The first-order valence-corrected chi connectivity index (χ1v) is 6.41. The van der Waals surface area contributed by atoms with E-state index < -0.39 is 0 Å². The van der Waals surface area contributed by atoms with Gasteiger partial charge in [-0.15, -0.1) is 0 Å². The maximum Gasteiger partial charge on any atom is 0.191 e. The fourth-order valence-corrected chi connectivity index (χ4v) is 2.18. The fraction of sp³-hybridized carbons (Fsp3) is 0.133. The second-order valence-electron chi connectivity index (χ2n) is 4.60. The van der Waals surface area contributed by atoms with E-state index in [9.17, 15) is 9.59 Å². The normalized spacial score (nSPS) is 10.7. The zero-order chi connectivity index (χ0) is 14.8. The summed E-state index contributed by atoms with van der Waals surface area (Å²) in [5.74, 6) is -0.676. The van der Waals surface area contributed by atoms with E-state index in [2.05, 4.69) is 15.1 Å². The molecule has 104 valence electrons. The summed E-state index contributed by atoms with van der Waals surface area (Å²) in [5, 5.41) is 4.96. The highest BCUT2D eigenvalue weighted by molar-refractivity contribution is 6.16. The molecule has 3 aromatic rings. The summed E-state index contributed by atoms with van der Waals surface area (Å²) in [6.07, 6.45) is 3.99. The van der Waals surface area contributed by atoms with Crippen LogP contribution in [0.3, 0.4) is 0 Å². The fourth-order valence-electron chi connectivity index (χ4n) is 2.18. The number of aryl methyl sites for hydroxylation is 1. The Morgan fingerprint density at radius 1 is 1.14 bits per heavy atom. The van der Waals surface area contributed by atoms with Crippen molar-refractivity contribution < 1.29 is 9.59 Å². The highest BCUT2D eigenvalue weighted by Crippen LogP contribution is 2.19. The Morgan fingerprint density at radius 2 is 1.95 bits per heavy atom. The van der Waals surface area contributed by atoms with Crippen LogP contribution in [-0.2, 0) is 7.05 Å². The highest BCUT2D eigenvalue weighted by atomic mass is 16.1. The minimum atomic E-state index is -0.358. The zero-order valence-electron chi connectivity index (χ0n) is 11.4. The number of rotatable bonds is 4. The van der Waals surface area contributed by atoms with Gasteiger partial charge in [0.25, 0.3) is 0 Å². The lowest BCUT2D eigenvalue weighted by Gasteiger charge is -1.98. The van der Waals surface area contributed by atoms with Crippen LogP contribution in [0.1, 0.15) is 27.4 Å². The van der Waals surface area contributed by atoms with E-state index in [0.717, 1.165) is 10.9 Å². The molecule has 21 heavy (non-hydrogen) atoms. The Kier molecular flexibility index (Phi) is 3.27. The molecule has 0 aliphatic rings. The molecule has 0 saturated heterocycles. The Morgan fingerprint density at radius 3 is 2.71 bits per heavy atom. The van der Waals surface area contributed by atoms with Crippen molar-refractivity contribution in [2.75, 3.05) is 0 Å². The standard InChI is InChI=1S/C15H12N4O2/c1-19-12-5-3-2-4-10(12)15(18-19)14(21)8-13(20)11-9-16-6-7-17-11/h2-7,9H,8H2,1H3. The third-order valence-electron chi connectivity index (χ3n) is 3.19. The van der Waals surface area contributed by atoms with Crippen molar-refractivity contribution in [1.82, 2.24) is 19.7 Å². The van der Waals surface area contributed by atoms with E-state index in [1.54, 1.807) is 11.7 Å². The summed E-state index contributed by atoms with van der Waals surface area (Å²) in [6, 6.07) is 7.42. The molecule has 2 aromatic heterocycles. The first-order chi connectivity index (χ1) is 10.2. The molecular weight excluding hydrogens is 268 g/mol. The number of aromatic nitrogens is 4. The number of Topliss-reactive ketones (excluding diaryl/α,β-unsaturated/α-hetero) is 2. The number of hydrogen-bond donors (Lipinski definition) is 0. The molecule has 6 nitrogen and oxygen atoms in total. The third-order valence-corrected chi connectivity index (χ3v) is 3.19. The number of fused-ring (bicyclic) bond motifs is 1. The highest BCUT2D eigenvalue weighted by Gasteiger charge is 2.20. The smallest absolute Gasteiger partial charge is 0.191 e. The molecule has 1 aromatic carbocycles. The lowest BCUT2D eigenvalue weighted by atomic mass is 10.1. The zero-order valence-corrected chi connectivity index (χ0v) is 11.4. The van der Waals surface area contributed by atoms with Gasteiger partial charge in [-0.3, -0.25) is 19.3 Å². The van der Waals surface area contributed by atoms with E-state index in [4.69, 9.17) is 0 Å². The molecule has 0 amide bonds. The molecule has 0 N–H and O–H groups in total. The molecular formula is C15H12N4O2. The second-order valence-corrected chi connectivity index (χ2v) is 4.60. The first kappa shape index (κ1) is 13.1. The number of para-hydroxylation sites is 1. The van der Waals surface area contributed by atoms with E-state index in [1.165, 1.54) is 18.6 Å². The monoisotopic (exact) mass is 280 g/mol. The summed E-state index contributed by atoms with van der Waals surface area (Å²) in [4.78, 5) is 32.1. The Bertz CT molecular complexity index is 824. The molecule has 0 aliphatic carbocycles. The molecule has 2 heterocycles. The van der Waals surface area contributed by atoms with Crippen molar-refractivity contribution >= 4 is 22.5 Å². The van der Waals surface area contributed by atoms with Gasteiger partial charge in [-0.05, 0) is 6.07 Å². The van der Waals surface area contributed by atoms with Crippen LogP contribution >= 0.6 is 0 Å². The van der Waals surface area contributed by atoms with Gasteiger partial charge in [0.15, 0.2) is 11.6 Å². The van der Waals surface area contributed by atoms with Crippen molar-refractivity contribution in [1.29, 1.82) is 0 Å². The van der Waals surface area contributed by atoms with Gasteiger partial charge in [0, 0.05) is 24.8 Å². The van der Waals surface area contributed by atoms with Gasteiger partial charge in [-0.25, -0.2) is 4.98 Å². The minimum absolute atomic E-state index is 0.186. The average molecular weight is 280 g/mol. The van der Waals surface area contributed by atoms with Crippen molar-refractivity contribution in [2.24, 2.45) is 7.05 Å². The minimum Gasteiger partial charge on any atom is -0.292 e. The summed E-state index contributed by atoms with van der Waals surface area (Å²) in [6.45, 7) is 0.